The molecule has 0 atom stereocenters. The van der Waals surface area contributed by atoms with Crippen molar-refractivity contribution in [1.29, 1.82) is 0 Å². The molecule has 1 spiro atoms. The van der Waals surface area contributed by atoms with Gasteiger partial charge in [-0.15, -0.1) is 0 Å². The first kappa shape index (κ1) is 11.9. The number of carbonyl (C=O) groups excluding carboxylic acids is 3. The summed E-state index contributed by atoms with van der Waals surface area (Å²) in [5.74, 6) is -0.128. The third-order valence-electron chi connectivity index (χ3n) is 3.45. The first-order valence-electron chi connectivity index (χ1n) is 5.99. The molecule has 0 aromatic rings. The number of hydrogen-bond donors (Lipinski definition) is 2. The summed E-state index contributed by atoms with van der Waals surface area (Å²) in [6, 6.07) is -0.427. The predicted octanol–water partition coefficient (Wildman–Crippen LogP) is -0.0129. The smallest absolute Gasteiger partial charge is 0.322 e. The minimum atomic E-state index is -0.778. The van der Waals surface area contributed by atoms with E-state index in [0.717, 1.165) is 6.42 Å². The van der Waals surface area contributed by atoms with Crippen LogP contribution in [0.5, 0.6) is 0 Å². The number of nitrogens with one attached hydrogen (secondary N) is 2. The van der Waals surface area contributed by atoms with Gasteiger partial charge in [0.2, 0.25) is 5.91 Å². The van der Waals surface area contributed by atoms with E-state index in [-0.39, 0.29) is 11.8 Å². The molecular weight excluding hydrogens is 222 g/mol. The molecule has 2 heterocycles. The lowest BCUT2D eigenvalue weighted by molar-refractivity contribution is -0.135. The number of urea groups is 1. The Bertz CT molecular complexity index is 359. The van der Waals surface area contributed by atoms with Gasteiger partial charge in [-0.05, 0) is 19.3 Å². The maximum absolute atomic E-state index is 11.7. The second-order valence-corrected chi connectivity index (χ2v) is 4.62. The van der Waals surface area contributed by atoms with Crippen molar-refractivity contribution in [1.82, 2.24) is 15.5 Å². The van der Waals surface area contributed by atoms with E-state index < -0.39 is 11.6 Å². The lowest BCUT2D eigenvalue weighted by Crippen LogP contribution is -2.55. The molecule has 6 nitrogen and oxygen atoms in total. The molecule has 6 heteroatoms. The van der Waals surface area contributed by atoms with Gasteiger partial charge in [0.15, 0.2) is 0 Å². The molecule has 0 aliphatic carbocycles. The van der Waals surface area contributed by atoms with E-state index >= 15 is 0 Å². The topological polar surface area (TPSA) is 78.5 Å². The van der Waals surface area contributed by atoms with Gasteiger partial charge in [-0.1, -0.05) is 6.92 Å². The summed E-state index contributed by atoms with van der Waals surface area (Å²) < 4.78 is 0. The van der Waals surface area contributed by atoms with Gasteiger partial charge < -0.3 is 10.2 Å². The number of likely N-dealkylation sites (tertiary alicyclic amines) is 1. The first-order chi connectivity index (χ1) is 8.07. The summed E-state index contributed by atoms with van der Waals surface area (Å²) in [6.45, 7) is 3.03. The van der Waals surface area contributed by atoms with Crippen molar-refractivity contribution in [2.24, 2.45) is 0 Å². The molecule has 0 aromatic heterocycles. The number of rotatable bonds is 2. The second kappa shape index (κ2) is 4.35. The van der Waals surface area contributed by atoms with Gasteiger partial charge in [0, 0.05) is 19.5 Å². The lowest BCUT2D eigenvalue weighted by atomic mass is 9.87. The fraction of sp³-hybridized carbons (Fsp3) is 0.727. The van der Waals surface area contributed by atoms with Gasteiger partial charge in [-0.2, -0.15) is 0 Å². The van der Waals surface area contributed by atoms with Crippen molar-refractivity contribution in [2.75, 3.05) is 13.1 Å². The van der Waals surface area contributed by atoms with E-state index in [1.165, 1.54) is 0 Å². The number of carbonyl (C=O) groups is 3. The van der Waals surface area contributed by atoms with Crippen LogP contribution in [0.4, 0.5) is 4.79 Å². The van der Waals surface area contributed by atoms with Gasteiger partial charge >= 0.3 is 6.03 Å². The van der Waals surface area contributed by atoms with Crippen molar-refractivity contribution in [3.8, 4) is 0 Å². The summed E-state index contributed by atoms with van der Waals surface area (Å²) in [4.78, 5) is 36.2. The molecule has 2 fully saturated rings. The van der Waals surface area contributed by atoms with E-state index in [1.54, 1.807) is 4.90 Å². The Kier molecular flexibility index (Phi) is 3.04. The minimum Gasteiger partial charge on any atom is -0.342 e. The number of hydrogen-bond acceptors (Lipinski definition) is 3. The maximum atomic E-state index is 11.7. The minimum absolute atomic E-state index is 0.132. The standard InChI is InChI=1S/C11H17N3O3/c1-2-3-8(15)14-6-4-11(5-7-14)9(16)12-10(17)13-11/h2-7H2,1H3,(H2,12,13,16,17). The highest BCUT2D eigenvalue weighted by Crippen LogP contribution is 2.25. The molecule has 94 valence electrons. The fourth-order valence-corrected chi connectivity index (χ4v) is 2.39. The molecule has 2 aliphatic rings. The number of piperidine rings is 1. The number of nitrogens with zero attached hydrogens (tertiary/aromatic N) is 1. The molecular formula is C11H17N3O3. The first-order valence-corrected chi connectivity index (χ1v) is 5.99. The van der Waals surface area contributed by atoms with Crippen LogP contribution in [0.25, 0.3) is 0 Å². The summed E-state index contributed by atoms with van der Waals surface area (Å²) in [5.41, 5.74) is -0.778. The van der Waals surface area contributed by atoms with Crippen LogP contribution in [-0.2, 0) is 9.59 Å². The third kappa shape index (κ3) is 2.11. The molecule has 2 rings (SSSR count). The van der Waals surface area contributed by atoms with Crippen LogP contribution >= 0.6 is 0 Å². The van der Waals surface area contributed by atoms with Crippen LogP contribution in [0, 0.1) is 0 Å². The quantitative estimate of drug-likeness (QED) is 0.665. The molecule has 0 saturated carbocycles. The van der Waals surface area contributed by atoms with E-state index in [9.17, 15) is 14.4 Å². The number of amides is 4. The van der Waals surface area contributed by atoms with Crippen molar-refractivity contribution in [2.45, 2.75) is 38.1 Å². The van der Waals surface area contributed by atoms with Gasteiger partial charge in [0.25, 0.3) is 5.91 Å². The average Bonchev–Trinajstić information content (AvgIpc) is 2.55. The monoisotopic (exact) mass is 239 g/mol. The molecule has 0 aromatic carbocycles. The largest absolute Gasteiger partial charge is 0.342 e. The van der Waals surface area contributed by atoms with Crippen LogP contribution < -0.4 is 10.6 Å². The van der Waals surface area contributed by atoms with Crippen LogP contribution in [0.1, 0.15) is 32.6 Å². The fourth-order valence-electron chi connectivity index (χ4n) is 2.39. The van der Waals surface area contributed by atoms with Crippen molar-refractivity contribution < 1.29 is 14.4 Å². The third-order valence-corrected chi connectivity index (χ3v) is 3.45. The van der Waals surface area contributed by atoms with Crippen molar-refractivity contribution >= 4 is 17.8 Å². The zero-order valence-corrected chi connectivity index (χ0v) is 9.91. The molecule has 2 aliphatic heterocycles. The molecule has 0 bridgehead atoms. The molecule has 4 amide bonds. The highest BCUT2D eigenvalue weighted by atomic mass is 16.2. The van der Waals surface area contributed by atoms with E-state index in [2.05, 4.69) is 10.6 Å². The SMILES string of the molecule is CCCC(=O)N1CCC2(CC1)NC(=O)NC2=O. The van der Waals surface area contributed by atoms with Crippen molar-refractivity contribution in [3.05, 3.63) is 0 Å². The molecule has 17 heavy (non-hydrogen) atoms. The van der Waals surface area contributed by atoms with Crippen LogP contribution in [0.3, 0.4) is 0 Å². The van der Waals surface area contributed by atoms with Gasteiger partial charge in [-0.3, -0.25) is 14.9 Å². The maximum Gasteiger partial charge on any atom is 0.322 e. The molecule has 2 N–H and O–H groups in total. The summed E-state index contributed by atoms with van der Waals surface area (Å²) >= 11 is 0. The Hall–Kier alpha value is -1.59. The van der Waals surface area contributed by atoms with Gasteiger partial charge in [0.05, 0.1) is 0 Å². The number of imide groups is 1. The van der Waals surface area contributed by atoms with Crippen LogP contribution in [-0.4, -0.2) is 41.4 Å². The van der Waals surface area contributed by atoms with E-state index in [0.29, 0.717) is 32.4 Å². The van der Waals surface area contributed by atoms with Gasteiger partial charge in [0.1, 0.15) is 5.54 Å². The Morgan fingerprint density at radius 2 is 2.00 bits per heavy atom. The Morgan fingerprint density at radius 3 is 2.47 bits per heavy atom. The molecule has 0 unspecified atom stereocenters. The Balaban J connectivity index is 1.96. The lowest BCUT2D eigenvalue weighted by Gasteiger charge is -2.37. The van der Waals surface area contributed by atoms with Crippen LogP contribution in [0.15, 0.2) is 0 Å². The Morgan fingerprint density at radius 1 is 1.35 bits per heavy atom. The predicted molar refractivity (Wildman–Crippen MR) is 60.1 cm³/mol. The highest BCUT2D eigenvalue weighted by Gasteiger charge is 2.48. The van der Waals surface area contributed by atoms with Crippen LogP contribution in [0.2, 0.25) is 0 Å². The summed E-state index contributed by atoms with van der Waals surface area (Å²) in [7, 11) is 0. The zero-order chi connectivity index (χ0) is 12.5. The zero-order valence-electron chi connectivity index (χ0n) is 9.91. The normalized spacial score (nSPS) is 22.5. The average molecular weight is 239 g/mol. The highest BCUT2D eigenvalue weighted by molar-refractivity contribution is 6.07. The summed E-state index contributed by atoms with van der Waals surface area (Å²) in [6.07, 6.45) is 2.38. The van der Waals surface area contributed by atoms with Crippen molar-refractivity contribution in [3.63, 3.8) is 0 Å². The molecule has 2 saturated heterocycles. The Labute approximate surface area is 99.7 Å². The van der Waals surface area contributed by atoms with E-state index in [4.69, 9.17) is 0 Å². The van der Waals surface area contributed by atoms with Gasteiger partial charge in [-0.25, -0.2) is 4.79 Å². The van der Waals surface area contributed by atoms with E-state index in [1.807, 2.05) is 6.92 Å². The second-order valence-electron chi connectivity index (χ2n) is 4.62. The molecule has 0 radical (unpaired) electrons. The summed E-state index contributed by atoms with van der Waals surface area (Å²) in [5, 5.41) is 4.93.